The molecule has 16 heavy (non-hydrogen) atoms. The maximum atomic E-state index is 11.0. The molecule has 4 unspecified atom stereocenters. The third-order valence-electron chi connectivity index (χ3n) is 5.40. The van der Waals surface area contributed by atoms with Gasteiger partial charge in [0, 0.05) is 12.0 Å². The molecule has 0 aromatic rings. The fourth-order valence-electron chi connectivity index (χ4n) is 4.15. The molecule has 2 heteroatoms. The van der Waals surface area contributed by atoms with Crippen LogP contribution in [-0.2, 0) is 0 Å². The maximum Gasteiger partial charge on any atom is 0.0718 e. The Balaban J connectivity index is 2.15. The van der Waals surface area contributed by atoms with Crippen molar-refractivity contribution in [2.24, 2.45) is 23.0 Å². The van der Waals surface area contributed by atoms with Crippen molar-refractivity contribution in [2.75, 3.05) is 6.54 Å². The van der Waals surface area contributed by atoms with Gasteiger partial charge in [-0.1, -0.05) is 26.7 Å². The van der Waals surface area contributed by atoms with E-state index in [1.54, 1.807) is 0 Å². The summed E-state index contributed by atoms with van der Waals surface area (Å²) >= 11 is 0. The number of rotatable bonds is 3. The molecule has 0 radical (unpaired) electrons. The molecule has 2 rings (SSSR count). The quantitative estimate of drug-likeness (QED) is 0.775. The Morgan fingerprint density at radius 1 is 1.25 bits per heavy atom. The molecule has 2 aliphatic rings. The van der Waals surface area contributed by atoms with Crippen LogP contribution in [0.25, 0.3) is 0 Å². The first-order chi connectivity index (χ1) is 7.55. The van der Waals surface area contributed by atoms with Crippen molar-refractivity contribution in [3.05, 3.63) is 0 Å². The van der Waals surface area contributed by atoms with Crippen LogP contribution >= 0.6 is 0 Å². The van der Waals surface area contributed by atoms with Crippen LogP contribution in [0.4, 0.5) is 0 Å². The smallest absolute Gasteiger partial charge is 0.0718 e. The van der Waals surface area contributed by atoms with Crippen LogP contribution in [0.3, 0.4) is 0 Å². The SMILES string of the molecule is CCC1CCC(O)(C2(CN)CCC(C)C2)C1. The van der Waals surface area contributed by atoms with E-state index in [1.807, 2.05) is 0 Å². The molecule has 0 amide bonds. The molecule has 2 saturated carbocycles. The summed E-state index contributed by atoms with van der Waals surface area (Å²) in [5, 5.41) is 11.0. The van der Waals surface area contributed by atoms with Gasteiger partial charge in [-0.2, -0.15) is 0 Å². The summed E-state index contributed by atoms with van der Waals surface area (Å²) in [7, 11) is 0. The molecule has 2 aliphatic carbocycles. The lowest BCUT2D eigenvalue weighted by Crippen LogP contribution is -2.49. The average molecular weight is 225 g/mol. The Kier molecular flexibility index (Phi) is 3.33. The van der Waals surface area contributed by atoms with Gasteiger partial charge >= 0.3 is 0 Å². The Labute approximate surface area is 99.6 Å². The third kappa shape index (κ3) is 1.80. The molecule has 0 heterocycles. The lowest BCUT2D eigenvalue weighted by molar-refractivity contribution is -0.0772. The zero-order valence-electron chi connectivity index (χ0n) is 10.8. The molecule has 2 nitrogen and oxygen atoms in total. The van der Waals surface area contributed by atoms with E-state index in [4.69, 9.17) is 5.73 Å². The van der Waals surface area contributed by atoms with E-state index in [0.29, 0.717) is 6.54 Å². The first-order valence-electron chi connectivity index (χ1n) is 6.98. The minimum Gasteiger partial charge on any atom is -0.389 e. The van der Waals surface area contributed by atoms with Gasteiger partial charge in [0.05, 0.1) is 5.60 Å². The van der Waals surface area contributed by atoms with Crippen molar-refractivity contribution in [1.29, 1.82) is 0 Å². The van der Waals surface area contributed by atoms with Gasteiger partial charge < -0.3 is 10.8 Å². The van der Waals surface area contributed by atoms with E-state index in [1.165, 1.54) is 19.3 Å². The molecular weight excluding hydrogens is 198 g/mol. The monoisotopic (exact) mass is 225 g/mol. The van der Waals surface area contributed by atoms with Crippen molar-refractivity contribution in [1.82, 2.24) is 0 Å². The van der Waals surface area contributed by atoms with E-state index in [2.05, 4.69) is 13.8 Å². The molecule has 0 spiro atoms. The van der Waals surface area contributed by atoms with Crippen LogP contribution in [0.2, 0.25) is 0 Å². The molecule has 0 aromatic heterocycles. The number of hydrogen-bond acceptors (Lipinski definition) is 2. The predicted molar refractivity (Wildman–Crippen MR) is 67.1 cm³/mol. The van der Waals surface area contributed by atoms with E-state index in [0.717, 1.165) is 37.5 Å². The maximum absolute atomic E-state index is 11.0. The Morgan fingerprint density at radius 2 is 2.00 bits per heavy atom. The number of aliphatic hydroxyl groups is 1. The van der Waals surface area contributed by atoms with E-state index < -0.39 is 5.60 Å². The van der Waals surface area contributed by atoms with Crippen molar-refractivity contribution >= 4 is 0 Å². The Hall–Kier alpha value is -0.0800. The van der Waals surface area contributed by atoms with Gasteiger partial charge in [-0.25, -0.2) is 0 Å². The first kappa shape index (κ1) is 12.4. The summed E-state index contributed by atoms with van der Waals surface area (Å²) in [5.74, 6) is 1.47. The van der Waals surface area contributed by atoms with Crippen LogP contribution in [-0.4, -0.2) is 17.3 Å². The second-order valence-electron chi connectivity index (χ2n) is 6.38. The fourth-order valence-corrected chi connectivity index (χ4v) is 4.15. The molecule has 94 valence electrons. The van der Waals surface area contributed by atoms with Crippen molar-refractivity contribution in [3.8, 4) is 0 Å². The second-order valence-corrected chi connectivity index (χ2v) is 6.38. The normalized spacial score (nSPS) is 48.8. The highest BCUT2D eigenvalue weighted by molar-refractivity contribution is 5.06. The van der Waals surface area contributed by atoms with Gasteiger partial charge in [0.15, 0.2) is 0 Å². The standard InChI is InChI=1S/C14H27NO/c1-3-12-5-7-14(16,9-12)13(10-15)6-4-11(2)8-13/h11-12,16H,3-10,15H2,1-2H3. The van der Waals surface area contributed by atoms with Gasteiger partial charge in [0.1, 0.15) is 0 Å². The summed E-state index contributed by atoms with van der Waals surface area (Å²) in [6.07, 6.45) is 7.90. The van der Waals surface area contributed by atoms with Crippen LogP contribution in [0.15, 0.2) is 0 Å². The zero-order valence-corrected chi connectivity index (χ0v) is 10.8. The molecule has 4 atom stereocenters. The van der Waals surface area contributed by atoms with Gasteiger partial charge in [-0.05, 0) is 43.9 Å². The highest BCUT2D eigenvalue weighted by atomic mass is 16.3. The third-order valence-corrected chi connectivity index (χ3v) is 5.40. The van der Waals surface area contributed by atoms with Crippen molar-refractivity contribution in [3.63, 3.8) is 0 Å². The summed E-state index contributed by atoms with van der Waals surface area (Å²) in [6.45, 7) is 5.21. The topological polar surface area (TPSA) is 46.2 Å². The number of nitrogens with two attached hydrogens (primary N) is 1. The van der Waals surface area contributed by atoms with E-state index in [9.17, 15) is 5.11 Å². The Bertz CT molecular complexity index is 255. The largest absolute Gasteiger partial charge is 0.389 e. The highest BCUT2D eigenvalue weighted by Crippen LogP contribution is 2.55. The molecule has 0 aromatic carbocycles. The summed E-state index contributed by atoms with van der Waals surface area (Å²) < 4.78 is 0. The lowest BCUT2D eigenvalue weighted by atomic mass is 9.68. The van der Waals surface area contributed by atoms with E-state index >= 15 is 0 Å². The summed E-state index contributed by atoms with van der Waals surface area (Å²) in [4.78, 5) is 0. The van der Waals surface area contributed by atoms with E-state index in [-0.39, 0.29) is 5.41 Å². The number of hydrogen-bond donors (Lipinski definition) is 2. The minimum absolute atomic E-state index is 0.0380. The first-order valence-corrected chi connectivity index (χ1v) is 6.98. The molecule has 0 bridgehead atoms. The van der Waals surface area contributed by atoms with Gasteiger partial charge in [-0.15, -0.1) is 0 Å². The summed E-state index contributed by atoms with van der Waals surface area (Å²) in [5.41, 5.74) is 5.61. The second kappa shape index (κ2) is 4.30. The van der Waals surface area contributed by atoms with Gasteiger partial charge in [0.25, 0.3) is 0 Å². The lowest BCUT2D eigenvalue weighted by Gasteiger charge is -2.43. The van der Waals surface area contributed by atoms with Crippen LogP contribution in [0, 0.1) is 17.3 Å². The Morgan fingerprint density at radius 3 is 2.44 bits per heavy atom. The molecular formula is C14H27NO. The van der Waals surface area contributed by atoms with Crippen molar-refractivity contribution < 1.29 is 5.11 Å². The van der Waals surface area contributed by atoms with Crippen LogP contribution in [0.5, 0.6) is 0 Å². The molecule has 0 aliphatic heterocycles. The van der Waals surface area contributed by atoms with Gasteiger partial charge in [0.2, 0.25) is 0 Å². The van der Waals surface area contributed by atoms with Crippen LogP contribution in [0.1, 0.15) is 58.8 Å². The fraction of sp³-hybridized carbons (Fsp3) is 1.00. The molecule has 3 N–H and O–H groups in total. The molecule has 0 saturated heterocycles. The van der Waals surface area contributed by atoms with Gasteiger partial charge in [-0.3, -0.25) is 0 Å². The average Bonchev–Trinajstić information content (AvgIpc) is 2.84. The zero-order chi connectivity index (χ0) is 11.8. The predicted octanol–water partition coefficient (Wildman–Crippen LogP) is 2.69. The minimum atomic E-state index is -0.451. The van der Waals surface area contributed by atoms with Crippen LogP contribution < -0.4 is 5.73 Å². The highest BCUT2D eigenvalue weighted by Gasteiger charge is 2.54. The van der Waals surface area contributed by atoms with Crippen molar-refractivity contribution in [2.45, 2.75) is 64.4 Å². The molecule has 2 fully saturated rings. The summed E-state index contributed by atoms with van der Waals surface area (Å²) in [6, 6.07) is 0.